The number of hydrogen-bond donors (Lipinski definition) is 1. The first-order valence-electron chi connectivity index (χ1n) is 10.8. The second kappa shape index (κ2) is 9.44. The lowest BCUT2D eigenvalue weighted by Gasteiger charge is -2.28. The molecule has 0 aliphatic carbocycles. The van der Waals surface area contributed by atoms with Crippen molar-refractivity contribution in [2.24, 2.45) is 0 Å². The smallest absolute Gasteiger partial charge is 0.258 e. The first-order valence-corrected chi connectivity index (χ1v) is 10.8. The van der Waals surface area contributed by atoms with Gasteiger partial charge in [0.1, 0.15) is 5.82 Å². The molecule has 1 unspecified atom stereocenters. The van der Waals surface area contributed by atoms with Crippen LogP contribution in [0.2, 0.25) is 0 Å². The highest BCUT2D eigenvalue weighted by Crippen LogP contribution is 2.29. The molecule has 2 aromatic carbocycles. The minimum Gasteiger partial charge on any atom is -0.391 e. The van der Waals surface area contributed by atoms with Crippen LogP contribution in [0.3, 0.4) is 0 Å². The molecule has 32 heavy (non-hydrogen) atoms. The van der Waals surface area contributed by atoms with Gasteiger partial charge in [0, 0.05) is 37.4 Å². The van der Waals surface area contributed by atoms with E-state index in [1.807, 2.05) is 49.1 Å². The summed E-state index contributed by atoms with van der Waals surface area (Å²) in [4.78, 5) is 26.3. The van der Waals surface area contributed by atoms with Gasteiger partial charge in [-0.25, -0.2) is 14.4 Å². The van der Waals surface area contributed by atoms with E-state index in [0.717, 1.165) is 5.56 Å². The Hall–Kier alpha value is -3.32. The average Bonchev–Trinajstić information content (AvgIpc) is 3.24. The van der Waals surface area contributed by atoms with Crippen LogP contribution in [0.25, 0.3) is 11.3 Å². The van der Waals surface area contributed by atoms with Crippen LogP contribution < -0.4 is 4.90 Å². The molecule has 3 aromatic rings. The van der Waals surface area contributed by atoms with E-state index in [4.69, 9.17) is 0 Å². The lowest BCUT2D eigenvalue weighted by molar-refractivity contribution is 0.0690. The van der Waals surface area contributed by atoms with E-state index in [9.17, 15) is 14.3 Å². The summed E-state index contributed by atoms with van der Waals surface area (Å²) in [7, 11) is 0. The molecule has 1 N–H and O–H groups in total. The number of amides is 1. The summed E-state index contributed by atoms with van der Waals surface area (Å²) in [5.41, 5.74) is 1.77. The van der Waals surface area contributed by atoms with Gasteiger partial charge in [0.05, 0.1) is 17.4 Å². The summed E-state index contributed by atoms with van der Waals surface area (Å²) in [6.07, 6.45) is 1.66. The molecule has 0 bridgehead atoms. The molecule has 166 valence electrons. The highest BCUT2D eigenvalue weighted by molar-refractivity contribution is 6.00. The fraction of sp³-hybridized carbons (Fsp3) is 0.320. The molecule has 4 rings (SSSR count). The molecular weight excluding hydrogens is 407 g/mol. The first-order chi connectivity index (χ1) is 15.4. The predicted molar refractivity (Wildman–Crippen MR) is 122 cm³/mol. The van der Waals surface area contributed by atoms with Gasteiger partial charge in [0.15, 0.2) is 0 Å². The third-order valence-corrected chi connectivity index (χ3v) is 5.66. The summed E-state index contributed by atoms with van der Waals surface area (Å²) in [5.74, 6) is -0.322. The Bertz CT molecular complexity index is 1090. The number of aliphatic hydroxyl groups excluding tert-OH is 1. The van der Waals surface area contributed by atoms with Gasteiger partial charge < -0.3 is 14.9 Å². The molecule has 1 saturated heterocycles. The van der Waals surface area contributed by atoms with Crippen LogP contribution in [0.15, 0.2) is 60.8 Å². The molecule has 1 fully saturated rings. The number of carbonyl (C=O) groups is 1. The van der Waals surface area contributed by atoms with Crippen molar-refractivity contribution in [2.75, 3.05) is 18.0 Å². The molecule has 1 aliphatic heterocycles. The number of benzene rings is 2. The van der Waals surface area contributed by atoms with Crippen molar-refractivity contribution in [3.8, 4) is 11.3 Å². The Balaban J connectivity index is 1.76. The van der Waals surface area contributed by atoms with Gasteiger partial charge in [-0.15, -0.1) is 0 Å². The van der Waals surface area contributed by atoms with Gasteiger partial charge in [-0.2, -0.15) is 0 Å². The van der Waals surface area contributed by atoms with E-state index in [-0.39, 0.29) is 28.8 Å². The van der Waals surface area contributed by atoms with E-state index in [1.54, 1.807) is 23.1 Å². The lowest BCUT2D eigenvalue weighted by atomic mass is 10.0. The normalized spacial score (nSPS) is 15.9. The molecule has 0 spiro atoms. The maximum absolute atomic E-state index is 14.8. The minimum absolute atomic E-state index is 0.0791. The van der Waals surface area contributed by atoms with E-state index in [0.29, 0.717) is 32.0 Å². The predicted octanol–water partition coefficient (Wildman–Crippen LogP) is 3.90. The quantitative estimate of drug-likeness (QED) is 0.637. The van der Waals surface area contributed by atoms with Crippen LogP contribution in [0.5, 0.6) is 0 Å². The van der Waals surface area contributed by atoms with Crippen LogP contribution in [0.1, 0.15) is 36.2 Å². The van der Waals surface area contributed by atoms with Crippen LogP contribution in [-0.2, 0) is 6.54 Å². The van der Waals surface area contributed by atoms with Gasteiger partial charge in [-0.1, -0.05) is 42.5 Å². The van der Waals surface area contributed by atoms with Crippen molar-refractivity contribution in [3.63, 3.8) is 0 Å². The van der Waals surface area contributed by atoms with E-state index < -0.39 is 11.9 Å². The van der Waals surface area contributed by atoms with Gasteiger partial charge in [-0.3, -0.25) is 4.79 Å². The fourth-order valence-corrected chi connectivity index (χ4v) is 3.89. The summed E-state index contributed by atoms with van der Waals surface area (Å²) in [5, 5.41) is 9.89. The number of aromatic nitrogens is 2. The molecule has 1 atom stereocenters. The number of anilines is 1. The Morgan fingerprint density at radius 3 is 2.56 bits per heavy atom. The van der Waals surface area contributed by atoms with Gasteiger partial charge >= 0.3 is 0 Å². The van der Waals surface area contributed by atoms with E-state index in [2.05, 4.69) is 9.97 Å². The highest BCUT2D eigenvalue weighted by Gasteiger charge is 2.28. The average molecular weight is 435 g/mol. The number of β-amino-alcohol motifs (C(OH)–C–C–N with tert-alkyl or cyclic N) is 1. The summed E-state index contributed by atoms with van der Waals surface area (Å²) < 4.78 is 14.8. The Labute approximate surface area is 187 Å². The van der Waals surface area contributed by atoms with Crippen molar-refractivity contribution in [2.45, 2.75) is 39.0 Å². The topological polar surface area (TPSA) is 69.6 Å². The monoisotopic (exact) mass is 434 g/mol. The highest BCUT2D eigenvalue weighted by atomic mass is 19.1. The SMILES string of the molecule is CC(C)N(Cc1ccccc1)C(=O)c1cnc(N2CCC(O)C2)nc1-c1ccccc1F. The number of hydrogen-bond acceptors (Lipinski definition) is 5. The zero-order chi connectivity index (χ0) is 22.7. The Morgan fingerprint density at radius 1 is 1.19 bits per heavy atom. The number of carbonyl (C=O) groups excluding carboxylic acids is 1. The number of nitrogens with zero attached hydrogens (tertiary/aromatic N) is 4. The van der Waals surface area contributed by atoms with Crippen LogP contribution in [-0.4, -0.2) is 51.1 Å². The van der Waals surface area contributed by atoms with Crippen molar-refractivity contribution in [1.29, 1.82) is 0 Å². The standard InChI is InChI=1S/C25H27FN4O2/c1-17(2)30(15-18-8-4-3-5-9-18)24(32)21-14-27-25(29-13-12-19(31)16-29)28-23(21)20-10-6-7-11-22(20)26/h3-11,14,17,19,31H,12-13,15-16H2,1-2H3. The maximum atomic E-state index is 14.8. The molecule has 0 saturated carbocycles. The van der Waals surface area contributed by atoms with Crippen LogP contribution in [0.4, 0.5) is 10.3 Å². The molecular formula is C25H27FN4O2. The number of aliphatic hydroxyl groups is 1. The largest absolute Gasteiger partial charge is 0.391 e. The maximum Gasteiger partial charge on any atom is 0.258 e. The second-order valence-electron chi connectivity index (χ2n) is 8.31. The van der Waals surface area contributed by atoms with Crippen molar-refractivity contribution < 1.29 is 14.3 Å². The number of rotatable bonds is 6. The molecule has 2 heterocycles. The van der Waals surface area contributed by atoms with Gasteiger partial charge in [0.2, 0.25) is 5.95 Å². The Morgan fingerprint density at radius 2 is 1.91 bits per heavy atom. The summed E-state index contributed by atoms with van der Waals surface area (Å²) >= 11 is 0. The van der Waals surface area contributed by atoms with Crippen molar-refractivity contribution >= 4 is 11.9 Å². The summed E-state index contributed by atoms with van der Waals surface area (Å²) in [6, 6.07) is 16.0. The van der Waals surface area contributed by atoms with Gasteiger partial charge in [-0.05, 0) is 38.0 Å². The lowest BCUT2D eigenvalue weighted by Crippen LogP contribution is -2.37. The third kappa shape index (κ3) is 4.62. The van der Waals surface area contributed by atoms with E-state index in [1.165, 1.54) is 12.3 Å². The second-order valence-corrected chi connectivity index (χ2v) is 8.31. The van der Waals surface area contributed by atoms with E-state index >= 15 is 0 Å². The fourth-order valence-electron chi connectivity index (χ4n) is 3.89. The molecule has 6 nitrogen and oxygen atoms in total. The zero-order valence-corrected chi connectivity index (χ0v) is 18.3. The van der Waals surface area contributed by atoms with Crippen LogP contribution in [0, 0.1) is 5.82 Å². The van der Waals surface area contributed by atoms with Crippen molar-refractivity contribution in [3.05, 3.63) is 77.7 Å². The molecule has 1 amide bonds. The third-order valence-electron chi connectivity index (χ3n) is 5.66. The van der Waals surface area contributed by atoms with Crippen molar-refractivity contribution in [1.82, 2.24) is 14.9 Å². The first kappa shape index (κ1) is 21.9. The molecule has 1 aromatic heterocycles. The molecule has 0 radical (unpaired) electrons. The minimum atomic E-state index is -0.452. The van der Waals surface area contributed by atoms with Gasteiger partial charge in [0.25, 0.3) is 5.91 Å². The Kier molecular flexibility index (Phi) is 6.46. The number of halogens is 1. The summed E-state index contributed by atoms with van der Waals surface area (Å²) in [6.45, 7) is 5.34. The molecule has 1 aliphatic rings. The molecule has 7 heteroatoms. The zero-order valence-electron chi connectivity index (χ0n) is 18.3. The van der Waals surface area contributed by atoms with Crippen LogP contribution >= 0.6 is 0 Å².